The Balaban J connectivity index is 2.31. The molecule has 0 saturated heterocycles. The van der Waals surface area contributed by atoms with Crippen molar-refractivity contribution in [2.75, 3.05) is 26.3 Å². The Morgan fingerprint density at radius 1 is 1.12 bits per heavy atom. The quantitative estimate of drug-likeness (QED) is 0.777. The lowest BCUT2D eigenvalue weighted by molar-refractivity contribution is -0.0215. The summed E-state index contributed by atoms with van der Waals surface area (Å²) in [5.41, 5.74) is -0.0581. The standard InChI is InChI=1S/C14H29NO2/c1-14(2,3)17-12-10-15(9-11-16)13-7-5-4-6-8-13/h13,16H,4-12H2,1-3H3. The number of aliphatic hydroxyl groups is 1. The molecular weight excluding hydrogens is 214 g/mol. The average molecular weight is 243 g/mol. The summed E-state index contributed by atoms with van der Waals surface area (Å²) in [6.07, 6.45) is 6.63. The van der Waals surface area contributed by atoms with Gasteiger partial charge in [0, 0.05) is 19.1 Å². The van der Waals surface area contributed by atoms with Gasteiger partial charge in [0.1, 0.15) is 0 Å². The Labute approximate surface area is 106 Å². The number of hydrogen-bond donors (Lipinski definition) is 1. The van der Waals surface area contributed by atoms with Gasteiger partial charge >= 0.3 is 0 Å². The lowest BCUT2D eigenvalue weighted by atomic mass is 9.94. The van der Waals surface area contributed by atoms with Gasteiger partial charge in [0.25, 0.3) is 0 Å². The number of rotatable bonds is 6. The zero-order valence-corrected chi connectivity index (χ0v) is 11.7. The van der Waals surface area contributed by atoms with E-state index in [2.05, 4.69) is 25.7 Å². The molecule has 1 aliphatic rings. The summed E-state index contributed by atoms with van der Waals surface area (Å²) < 4.78 is 5.77. The molecule has 0 unspecified atom stereocenters. The fraction of sp³-hybridized carbons (Fsp3) is 1.00. The number of hydrogen-bond acceptors (Lipinski definition) is 3. The second-order valence-corrected chi connectivity index (χ2v) is 6.01. The molecule has 1 saturated carbocycles. The number of nitrogens with zero attached hydrogens (tertiary/aromatic N) is 1. The van der Waals surface area contributed by atoms with Crippen molar-refractivity contribution in [1.29, 1.82) is 0 Å². The van der Waals surface area contributed by atoms with E-state index in [9.17, 15) is 0 Å². The van der Waals surface area contributed by atoms with Gasteiger partial charge in [-0.1, -0.05) is 19.3 Å². The highest BCUT2D eigenvalue weighted by molar-refractivity contribution is 4.76. The molecule has 102 valence electrons. The fourth-order valence-electron chi connectivity index (χ4n) is 2.52. The zero-order chi connectivity index (χ0) is 12.7. The predicted octanol–water partition coefficient (Wildman–Crippen LogP) is 2.43. The van der Waals surface area contributed by atoms with Crippen LogP contribution < -0.4 is 0 Å². The van der Waals surface area contributed by atoms with Crippen LogP contribution in [0.2, 0.25) is 0 Å². The molecule has 0 radical (unpaired) electrons. The Bertz CT molecular complexity index is 195. The normalized spacial score (nSPS) is 18.9. The molecule has 3 heteroatoms. The zero-order valence-electron chi connectivity index (χ0n) is 11.7. The van der Waals surface area contributed by atoms with Crippen LogP contribution in [0.25, 0.3) is 0 Å². The van der Waals surface area contributed by atoms with Gasteiger partial charge in [-0.15, -0.1) is 0 Å². The molecule has 0 spiro atoms. The molecule has 1 aliphatic carbocycles. The second kappa shape index (κ2) is 7.34. The van der Waals surface area contributed by atoms with E-state index in [-0.39, 0.29) is 12.2 Å². The van der Waals surface area contributed by atoms with Crippen LogP contribution in [0.5, 0.6) is 0 Å². The van der Waals surface area contributed by atoms with E-state index in [1.807, 2.05) is 0 Å². The van der Waals surface area contributed by atoms with Crippen LogP contribution in [0.3, 0.4) is 0 Å². The molecule has 0 atom stereocenters. The molecule has 0 bridgehead atoms. The van der Waals surface area contributed by atoms with E-state index in [0.717, 1.165) is 19.7 Å². The van der Waals surface area contributed by atoms with Crippen LogP contribution in [0.4, 0.5) is 0 Å². The lowest BCUT2D eigenvalue weighted by Gasteiger charge is -2.34. The smallest absolute Gasteiger partial charge is 0.0600 e. The van der Waals surface area contributed by atoms with E-state index in [0.29, 0.717) is 6.04 Å². The monoisotopic (exact) mass is 243 g/mol. The maximum atomic E-state index is 9.14. The summed E-state index contributed by atoms with van der Waals surface area (Å²) >= 11 is 0. The van der Waals surface area contributed by atoms with Crippen LogP contribution in [0.1, 0.15) is 52.9 Å². The SMILES string of the molecule is CC(C)(C)OCCN(CCO)C1CCCCC1. The molecule has 0 aromatic heterocycles. The summed E-state index contributed by atoms with van der Waals surface area (Å²) in [5, 5.41) is 9.14. The van der Waals surface area contributed by atoms with Crippen LogP contribution in [0.15, 0.2) is 0 Å². The molecule has 0 heterocycles. The molecule has 1 N–H and O–H groups in total. The summed E-state index contributed by atoms with van der Waals surface area (Å²) in [7, 11) is 0. The van der Waals surface area contributed by atoms with Crippen molar-refractivity contribution < 1.29 is 9.84 Å². The third kappa shape index (κ3) is 6.39. The molecule has 0 amide bonds. The molecule has 0 aromatic rings. The van der Waals surface area contributed by atoms with Gasteiger partial charge in [-0.25, -0.2) is 0 Å². The molecular formula is C14H29NO2. The van der Waals surface area contributed by atoms with Gasteiger partial charge in [0.2, 0.25) is 0 Å². The van der Waals surface area contributed by atoms with Gasteiger partial charge < -0.3 is 9.84 Å². The first-order chi connectivity index (χ1) is 8.03. The van der Waals surface area contributed by atoms with Crippen molar-refractivity contribution >= 4 is 0 Å². The molecule has 0 aromatic carbocycles. The maximum absolute atomic E-state index is 9.14. The van der Waals surface area contributed by atoms with Crippen molar-refractivity contribution in [2.24, 2.45) is 0 Å². The predicted molar refractivity (Wildman–Crippen MR) is 71.2 cm³/mol. The van der Waals surface area contributed by atoms with Crippen molar-refractivity contribution in [1.82, 2.24) is 4.90 Å². The van der Waals surface area contributed by atoms with E-state index in [1.54, 1.807) is 0 Å². The van der Waals surface area contributed by atoms with E-state index in [1.165, 1.54) is 32.1 Å². The first-order valence-electron chi connectivity index (χ1n) is 7.02. The average Bonchev–Trinajstić information content (AvgIpc) is 2.27. The van der Waals surface area contributed by atoms with Crippen LogP contribution in [0, 0.1) is 0 Å². The fourth-order valence-corrected chi connectivity index (χ4v) is 2.52. The molecule has 3 nitrogen and oxygen atoms in total. The Morgan fingerprint density at radius 2 is 1.76 bits per heavy atom. The molecule has 1 fully saturated rings. The van der Waals surface area contributed by atoms with Crippen LogP contribution >= 0.6 is 0 Å². The number of aliphatic hydroxyl groups excluding tert-OH is 1. The first-order valence-corrected chi connectivity index (χ1v) is 7.02. The van der Waals surface area contributed by atoms with Crippen LogP contribution in [-0.2, 0) is 4.74 Å². The topological polar surface area (TPSA) is 32.7 Å². The summed E-state index contributed by atoms with van der Waals surface area (Å²) in [5.74, 6) is 0. The number of ether oxygens (including phenoxy) is 1. The van der Waals surface area contributed by atoms with Gasteiger partial charge in [-0.2, -0.15) is 0 Å². The van der Waals surface area contributed by atoms with Crippen molar-refractivity contribution in [3.8, 4) is 0 Å². The highest BCUT2D eigenvalue weighted by Gasteiger charge is 2.21. The highest BCUT2D eigenvalue weighted by atomic mass is 16.5. The summed E-state index contributed by atoms with van der Waals surface area (Å²) in [6, 6.07) is 0.666. The minimum Gasteiger partial charge on any atom is -0.395 e. The van der Waals surface area contributed by atoms with Crippen molar-refractivity contribution in [2.45, 2.75) is 64.5 Å². The Morgan fingerprint density at radius 3 is 2.29 bits per heavy atom. The van der Waals surface area contributed by atoms with E-state index >= 15 is 0 Å². The van der Waals surface area contributed by atoms with Crippen molar-refractivity contribution in [3.63, 3.8) is 0 Å². The molecule has 17 heavy (non-hydrogen) atoms. The maximum Gasteiger partial charge on any atom is 0.0600 e. The third-order valence-corrected chi connectivity index (χ3v) is 3.39. The van der Waals surface area contributed by atoms with Gasteiger partial charge in [-0.05, 0) is 33.6 Å². The lowest BCUT2D eigenvalue weighted by Crippen LogP contribution is -2.41. The minimum atomic E-state index is -0.0581. The van der Waals surface area contributed by atoms with Gasteiger partial charge in [0.15, 0.2) is 0 Å². The second-order valence-electron chi connectivity index (χ2n) is 6.01. The van der Waals surface area contributed by atoms with Crippen LogP contribution in [-0.4, -0.2) is 48.0 Å². The molecule has 1 rings (SSSR count). The first kappa shape index (κ1) is 14.9. The highest BCUT2D eigenvalue weighted by Crippen LogP contribution is 2.22. The Hall–Kier alpha value is -0.120. The van der Waals surface area contributed by atoms with Gasteiger partial charge in [-0.3, -0.25) is 4.90 Å². The van der Waals surface area contributed by atoms with Gasteiger partial charge in [0.05, 0.1) is 18.8 Å². The third-order valence-electron chi connectivity index (χ3n) is 3.39. The van der Waals surface area contributed by atoms with E-state index < -0.39 is 0 Å². The van der Waals surface area contributed by atoms with E-state index in [4.69, 9.17) is 9.84 Å². The molecule has 0 aliphatic heterocycles. The summed E-state index contributed by atoms with van der Waals surface area (Å²) in [6.45, 7) is 9.02. The van der Waals surface area contributed by atoms with Crippen molar-refractivity contribution in [3.05, 3.63) is 0 Å². The minimum absolute atomic E-state index is 0.0581. The Kier molecular flexibility index (Phi) is 6.45. The summed E-state index contributed by atoms with van der Waals surface area (Å²) in [4.78, 5) is 2.41. The largest absolute Gasteiger partial charge is 0.395 e.